The van der Waals surface area contributed by atoms with E-state index in [4.69, 9.17) is 4.74 Å². The third-order valence-corrected chi connectivity index (χ3v) is 3.50. The molecular weight excluding hydrogens is 250 g/mol. The predicted molar refractivity (Wildman–Crippen MR) is 83.0 cm³/mol. The van der Waals surface area contributed by atoms with E-state index < -0.39 is 5.60 Å². The SMILES string of the molecule is COC(C)(C)c1nc(C)c(CCNC(C)(C)C)c(C)n1. The van der Waals surface area contributed by atoms with Crippen LogP contribution in [-0.4, -0.2) is 29.2 Å². The van der Waals surface area contributed by atoms with E-state index in [9.17, 15) is 0 Å². The average Bonchev–Trinajstić information content (AvgIpc) is 2.31. The van der Waals surface area contributed by atoms with Crippen molar-refractivity contribution in [2.24, 2.45) is 0 Å². The van der Waals surface area contributed by atoms with Crippen molar-refractivity contribution < 1.29 is 4.74 Å². The molecule has 20 heavy (non-hydrogen) atoms. The second kappa shape index (κ2) is 6.19. The van der Waals surface area contributed by atoms with Crippen LogP contribution >= 0.6 is 0 Å². The maximum Gasteiger partial charge on any atom is 0.160 e. The van der Waals surface area contributed by atoms with Crippen LogP contribution in [0.2, 0.25) is 0 Å². The molecule has 0 atom stereocenters. The van der Waals surface area contributed by atoms with E-state index in [0.29, 0.717) is 0 Å². The third-order valence-electron chi connectivity index (χ3n) is 3.50. The highest BCUT2D eigenvalue weighted by atomic mass is 16.5. The summed E-state index contributed by atoms with van der Waals surface area (Å²) in [7, 11) is 1.69. The van der Waals surface area contributed by atoms with Gasteiger partial charge in [0.15, 0.2) is 5.82 Å². The molecule has 1 N–H and O–H groups in total. The number of ether oxygens (including phenoxy) is 1. The van der Waals surface area contributed by atoms with Crippen LogP contribution in [0, 0.1) is 13.8 Å². The Kier molecular flexibility index (Phi) is 5.27. The highest BCUT2D eigenvalue weighted by Gasteiger charge is 2.24. The van der Waals surface area contributed by atoms with Gasteiger partial charge in [-0.25, -0.2) is 9.97 Å². The molecule has 4 heteroatoms. The quantitative estimate of drug-likeness (QED) is 0.900. The van der Waals surface area contributed by atoms with Gasteiger partial charge in [0.1, 0.15) is 5.60 Å². The average molecular weight is 279 g/mol. The van der Waals surface area contributed by atoms with Gasteiger partial charge in [-0.15, -0.1) is 0 Å². The minimum absolute atomic E-state index is 0.140. The monoisotopic (exact) mass is 279 g/mol. The summed E-state index contributed by atoms with van der Waals surface area (Å²) >= 11 is 0. The Bertz CT molecular complexity index is 438. The van der Waals surface area contributed by atoms with E-state index in [1.807, 2.05) is 13.8 Å². The Balaban J connectivity index is 2.90. The maximum atomic E-state index is 5.46. The fourth-order valence-electron chi connectivity index (χ4n) is 2.02. The number of nitrogens with one attached hydrogen (secondary N) is 1. The molecule has 0 unspecified atom stereocenters. The van der Waals surface area contributed by atoms with Gasteiger partial charge in [0.05, 0.1) is 0 Å². The zero-order valence-corrected chi connectivity index (χ0v) is 14.2. The Morgan fingerprint density at radius 2 is 1.50 bits per heavy atom. The molecule has 4 nitrogen and oxygen atoms in total. The normalized spacial score (nSPS) is 12.8. The first-order chi connectivity index (χ1) is 9.07. The molecule has 1 heterocycles. The maximum absolute atomic E-state index is 5.46. The van der Waals surface area contributed by atoms with E-state index in [-0.39, 0.29) is 5.54 Å². The number of hydrogen-bond donors (Lipinski definition) is 1. The molecule has 0 radical (unpaired) electrons. The lowest BCUT2D eigenvalue weighted by atomic mass is 10.0. The van der Waals surface area contributed by atoms with Crippen LogP contribution < -0.4 is 5.32 Å². The zero-order chi connectivity index (χ0) is 15.6. The van der Waals surface area contributed by atoms with Crippen LogP contribution in [0.3, 0.4) is 0 Å². The summed E-state index contributed by atoms with van der Waals surface area (Å²) in [5, 5.41) is 3.50. The minimum atomic E-state index is -0.447. The summed E-state index contributed by atoms with van der Waals surface area (Å²) in [5.74, 6) is 0.752. The number of methoxy groups -OCH3 is 1. The van der Waals surface area contributed by atoms with E-state index in [0.717, 1.165) is 30.2 Å². The molecule has 0 saturated carbocycles. The van der Waals surface area contributed by atoms with Gasteiger partial charge < -0.3 is 10.1 Å². The van der Waals surface area contributed by atoms with E-state index >= 15 is 0 Å². The van der Waals surface area contributed by atoms with Crippen molar-refractivity contribution in [2.75, 3.05) is 13.7 Å². The van der Waals surface area contributed by atoms with Gasteiger partial charge in [-0.1, -0.05) is 0 Å². The highest BCUT2D eigenvalue weighted by molar-refractivity contribution is 5.26. The topological polar surface area (TPSA) is 47.0 Å². The number of aromatic nitrogens is 2. The van der Waals surface area contributed by atoms with Gasteiger partial charge in [0.25, 0.3) is 0 Å². The predicted octanol–water partition coefficient (Wildman–Crippen LogP) is 2.91. The Labute approximate surface area is 123 Å². The molecule has 114 valence electrons. The Morgan fingerprint density at radius 3 is 1.90 bits per heavy atom. The smallest absolute Gasteiger partial charge is 0.160 e. The van der Waals surface area contributed by atoms with Crippen LogP contribution in [0.4, 0.5) is 0 Å². The molecule has 0 aliphatic carbocycles. The first kappa shape index (κ1) is 17.1. The minimum Gasteiger partial charge on any atom is -0.371 e. The lowest BCUT2D eigenvalue weighted by Gasteiger charge is -2.24. The van der Waals surface area contributed by atoms with Crippen molar-refractivity contribution in [1.29, 1.82) is 0 Å². The van der Waals surface area contributed by atoms with Crippen LogP contribution in [0.1, 0.15) is 57.4 Å². The molecule has 0 amide bonds. The first-order valence-electron chi connectivity index (χ1n) is 7.21. The molecule has 0 aromatic carbocycles. The number of aryl methyl sites for hydroxylation is 2. The summed E-state index contributed by atoms with van der Waals surface area (Å²) in [5.41, 5.74) is 3.03. The number of nitrogens with zero attached hydrogens (tertiary/aromatic N) is 2. The summed E-state index contributed by atoms with van der Waals surface area (Å²) < 4.78 is 5.46. The van der Waals surface area contributed by atoms with Crippen molar-refractivity contribution >= 4 is 0 Å². The van der Waals surface area contributed by atoms with Gasteiger partial charge in [0, 0.05) is 24.0 Å². The van der Waals surface area contributed by atoms with E-state index in [2.05, 4.69) is 49.9 Å². The molecule has 0 aliphatic rings. The van der Waals surface area contributed by atoms with Crippen molar-refractivity contribution in [3.63, 3.8) is 0 Å². The van der Waals surface area contributed by atoms with Crippen LogP contribution in [0.15, 0.2) is 0 Å². The van der Waals surface area contributed by atoms with Gasteiger partial charge in [-0.3, -0.25) is 0 Å². The number of hydrogen-bond acceptors (Lipinski definition) is 4. The van der Waals surface area contributed by atoms with Gasteiger partial charge in [0.2, 0.25) is 0 Å². The summed E-state index contributed by atoms with van der Waals surface area (Å²) in [6.45, 7) is 15.5. The molecule has 1 rings (SSSR count). The Hall–Kier alpha value is -1.00. The fraction of sp³-hybridized carbons (Fsp3) is 0.750. The highest BCUT2D eigenvalue weighted by Crippen LogP contribution is 2.22. The molecule has 1 aromatic rings. The fourth-order valence-corrected chi connectivity index (χ4v) is 2.02. The van der Waals surface area contributed by atoms with Gasteiger partial charge in [-0.05, 0) is 67.0 Å². The second-order valence-corrected chi connectivity index (χ2v) is 6.84. The molecule has 0 spiro atoms. The summed E-state index contributed by atoms with van der Waals surface area (Å²) in [6.07, 6.45) is 0.947. The van der Waals surface area contributed by atoms with Crippen LogP contribution in [-0.2, 0) is 16.8 Å². The molecule has 0 fully saturated rings. The molecule has 1 aromatic heterocycles. The standard InChI is InChI=1S/C16H29N3O/c1-11-13(9-10-17-15(3,4)5)12(2)19-14(18-11)16(6,7)20-8/h17H,9-10H2,1-8H3. The molecule has 0 aliphatic heterocycles. The lowest BCUT2D eigenvalue weighted by Crippen LogP contribution is -2.37. The van der Waals surface area contributed by atoms with Crippen molar-refractivity contribution in [2.45, 2.75) is 66.0 Å². The van der Waals surface area contributed by atoms with Gasteiger partial charge >= 0.3 is 0 Å². The van der Waals surface area contributed by atoms with Crippen molar-refractivity contribution in [3.8, 4) is 0 Å². The van der Waals surface area contributed by atoms with Gasteiger partial charge in [-0.2, -0.15) is 0 Å². The molecule has 0 saturated heterocycles. The molecular formula is C16H29N3O. The Morgan fingerprint density at radius 1 is 1.00 bits per heavy atom. The zero-order valence-electron chi connectivity index (χ0n) is 14.2. The van der Waals surface area contributed by atoms with Crippen LogP contribution in [0.25, 0.3) is 0 Å². The number of rotatable bonds is 5. The van der Waals surface area contributed by atoms with Crippen LogP contribution in [0.5, 0.6) is 0 Å². The summed E-state index contributed by atoms with van der Waals surface area (Å²) in [6, 6.07) is 0. The lowest BCUT2D eigenvalue weighted by molar-refractivity contribution is 0.0111. The van der Waals surface area contributed by atoms with Crippen molar-refractivity contribution in [3.05, 3.63) is 22.8 Å². The first-order valence-corrected chi connectivity index (χ1v) is 7.21. The summed E-state index contributed by atoms with van der Waals surface area (Å²) in [4.78, 5) is 9.26. The second-order valence-electron chi connectivity index (χ2n) is 6.84. The van der Waals surface area contributed by atoms with Crippen molar-refractivity contribution in [1.82, 2.24) is 15.3 Å². The molecule has 0 bridgehead atoms. The largest absolute Gasteiger partial charge is 0.371 e. The third kappa shape index (κ3) is 4.53. The van der Waals surface area contributed by atoms with E-state index in [1.165, 1.54) is 5.56 Å². The van der Waals surface area contributed by atoms with E-state index in [1.54, 1.807) is 7.11 Å².